The van der Waals surface area contributed by atoms with Gasteiger partial charge in [-0.15, -0.1) is 11.3 Å². The molecular formula is C14H25N3OS. The second-order valence-corrected chi connectivity index (χ2v) is 6.64. The van der Waals surface area contributed by atoms with Crippen molar-refractivity contribution < 1.29 is 5.11 Å². The SMILES string of the molecule is CC(C)CC(O)CNC1CCN(c2nccs2)CC1. The normalized spacial score (nSPS) is 19.1. The average molecular weight is 283 g/mol. The van der Waals surface area contributed by atoms with Crippen molar-refractivity contribution in [2.24, 2.45) is 5.92 Å². The molecule has 4 nitrogen and oxygen atoms in total. The summed E-state index contributed by atoms with van der Waals surface area (Å²) in [6.45, 7) is 7.14. The largest absolute Gasteiger partial charge is 0.392 e. The van der Waals surface area contributed by atoms with Crippen LogP contribution in [-0.4, -0.2) is 41.9 Å². The maximum absolute atomic E-state index is 9.87. The van der Waals surface area contributed by atoms with E-state index in [0.29, 0.717) is 12.0 Å². The Labute approximate surface area is 119 Å². The van der Waals surface area contributed by atoms with Gasteiger partial charge in [0, 0.05) is 37.3 Å². The fourth-order valence-electron chi connectivity index (χ4n) is 2.58. The molecule has 1 aromatic rings. The predicted octanol–water partition coefficient (Wildman–Crippen LogP) is 2.11. The quantitative estimate of drug-likeness (QED) is 0.839. The van der Waals surface area contributed by atoms with Crippen LogP contribution in [0.2, 0.25) is 0 Å². The van der Waals surface area contributed by atoms with Gasteiger partial charge in [-0.05, 0) is 25.2 Å². The molecule has 2 rings (SSSR count). The molecule has 1 fully saturated rings. The smallest absolute Gasteiger partial charge is 0.185 e. The summed E-state index contributed by atoms with van der Waals surface area (Å²) in [4.78, 5) is 6.71. The topological polar surface area (TPSA) is 48.4 Å². The van der Waals surface area contributed by atoms with Crippen LogP contribution in [0, 0.1) is 5.92 Å². The summed E-state index contributed by atoms with van der Waals surface area (Å²) >= 11 is 1.71. The summed E-state index contributed by atoms with van der Waals surface area (Å²) in [5.74, 6) is 0.559. The molecule has 0 spiro atoms. The molecule has 1 saturated heterocycles. The van der Waals surface area contributed by atoms with Crippen LogP contribution in [0.15, 0.2) is 11.6 Å². The molecule has 0 aromatic carbocycles. The van der Waals surface area contributed by atoms with Gasteiger partial charge in [0.2, 0.25) is 0 Å². The van der Waals surface area contributed by atoms with Gasteiger partial charge in [-0.1, -0.05) is 13.8 Å². The number of nitrogens with one attached hydrogen (secondary N) is 1. The van der Waals surface area contributed by atoms with Crippen molar-refractivity contribution in [2.75, 3.05) is 24.5 Å². The van der Waals surface area contributed by atoms with Gasteiger partial charge in [-0.3, -0.25) is 0 Å². The lowest BCUT2D eigenvalue weighted by atomic mass is 10.0. The van der Waals surface area contributed by atoms with Gasteiger partial charge in [-0.25, -0.2) is 4.98 Å². The number of aromatic nitrogens is 1. The lowest BCUT2D eigenvalue weighted by molar-refractivity contribution is 0.140. The van der Waals surface area contributed by atoms with Gasteiger partial charge >= 0.3 is 0 Å². The number of aliphatic hydroxyl groups excluding tert-OH is 1. The molecule has 0 radical (unpaired) electrons. The molecular weight excluding hydrogens is 258 g/mol. The Morgan fingerprint density at radius 2 is 2.21 bits per heavy atom. The minimum absolute atomic E-state index is 0.211. The second kappa shape index (κ2) is 7.22. The molecule has 1 aliphatic rings. The lowest BCUT2D eigenvalue weighted by Gasteiger charge is -2.32. The van der Waals surface area contributed by atoms with Crippen LogP contribution in [0.1, 0.15) is 33.1 Å². The van der Waals surface area contributed by atoms with Gasteiger partial charge < -0.3 is 15.3 Å². The summed E-state index contributed by atoms with van der Waals surface area (Å²) in [6.07, 6.45) is 4.80. The van der Waals surface area contributed by atoms with E-state index in [0.717, 1.165) is 44.0 Å². The van der Waals surface area contributed by atoms with E-state index in [1.165, 1.54) is 0 Å². The standard InChI is InChI=1S/C14H25N3OS/c1-11(2)9-13(18)10-16-12-3-6-17(7-4-12)14-15-5-8-19-14/h5,8,11-13,16,18H,3-4,6-7,9-10H2,1-2H3. The molecule has 0 aliphatic carbocycles. The molecule has 19 heavy (non-hydrogen) atoms. The van der Waals surface area contributed by atoms with Crippen LogP contribution in [0.4, 0.5) is 5.13 Å². The highest BCUT2D eigenvalue weighted by Crippen LogP contribution is 2.21. The molecule has 1 atom stereocenters. The number of aliphatic hydroxyl groups is 1. The third-order valence-corrected chi connectivity index (χ3v) is 4.40. The number of rotatable bonds is 6. The first kappa shape index (κ1) is 14.8. The molecule has 2 heterocycles. The Kier molecular flexibility index (Phi) is 5.60. The van der Waals surface area contributed by atoms with E-state index in [2.05, 4.69) is 29.0 Å². The van der Waals surface area contributed by atoms with E-state index in [9.17, 15) is 5.11 Å². The van der Waals surface area contributed by atoms with Crippen molar-refractivity contribution >= 4 is 16.5 Å². The van der Waals surface area contributed by atoms with Crippen molar-refractivity contribution in [2.45, 2.75) is 45.3 Å². The van der Waals surface area contributed by atoms with Crippen molar-refractivity contribution in [1.82, 2.24) is 10.3 Å². The van der Waals surface area contributed by atoms with Crippen LogP contribution in [0.5, 0.6) is 0 Å². The van der Waals surface area contributed by atoms with Gasteiger partial charge in [0.05, 0.1) is 6.10 Å². The Hall–Kier alpha value is -0.650. The highest BCUT2D eigenvalue weighted by Gasteiger charge is 2.20. The Balaban J connectivity index is 1.66. The van der Waals surface area contributed by atoms with E-state index >= 15 is 0 Å². The first-order chi connectivity index (χ1) is 9.15. The maximum Gasteiger partial charge on any atom is 0.185 e. The fourth-order valence-corrected chi connectivity index (χ4v) is 3.27. The Bertz CT molecular complexity index is 348. The Morgan fingerprint density at radius 1 is 1.47 bits per heavy atom. The highest BCUT2D eigenvalue weighted by molar-refractivity contribution is 7.13. The number of hydrogen-bond donors (Lipinski definition) is 2. The van der Waals surface area contributed by atoms with Crippen LogP contribution in [-0.2, 0) is 0 Å². The molecule has 1 unspecified atom stereocenters. The maximum atomic E-state index is 9.87. The minimum Gasteiger partial charge on any atom is -0.392 e. The fraction of sp³-hybridized carbons (Fsp3) is 0.786. The minimum atomic E-state index is -0.211. The van der Waals surface area contributed by atoms with Crippen molar-refractivity contribution in [3.05, 3.63) is 11.6 Å². The van der Waals surface area contributed by atoms with E-state index in [-0.39, 0.29) is 6.10 Å². The first-order valence-electron chi connectivity index (χ1n) is 7.21. The summed E-state index contributed by atoms with van der Waals surface area (Å²) in [6, 6.07) is 0.540. The Morgan fingerprint density at radius 3 is 2.79 bits per heavy atom. The second-order valence-electron chi connectivity index (χ2n) is 5.77. The number of piperidine rings is 1. The highest BCUT2D eigenvalue weighted by atomic mass is 32.1. The van der Waals surface area contributed by atoms with Crippen LogP contribution in [0.3, 0.4) is 0 Å². The van der Waals surface area contributed by atoms with Crippen LogP contribution in [0.25, 0.3) is 0 Å². The molecule has 0 amide bonds. The molecule has 2 N–H and O–H groups in total. The summed E-state index contributed by atoms with van der Waals surface area (Å²) in [5.41, 5.74) is 0. The number of anilines is 1. The number of hydrogen-bond acceptors (Lipinski definition) is 5. The summed E-state index contributed by atoms with van der Waals surface area (Å²) < 4.78 is 0. The van der Waals surface area contributed by atoms with Gasteiger partial charge in [-0.2, -0.15) is 0 Å². The van der Waals surface area contributed by atoms with Crippen molar-refractivity contribution in [1.29, 1.82) is 0 Å². The molecule has 5 heteroatoms. The van der Waals surface area contributed by atoms with Crippen LogP contribution >= 0.6 is 11.3 Å². The van der Waals surface area contributed by atoms with Crippen molar-refractivity contribution in [3.8, 4) is 0 Å². The van der Waals surface area contributed by atoms with Gasteiger partial charge in [0.25, 0.3) is 0 Å². The summed E-state index contributed by atoms with van der Waals surface area (Å²) in [5, 5.41) is 16.5. The summed E-state index contributed by atoms with van der Waals surface area (Å²) in [7, 11) is 0. The number of thiazole rings is 1. The zero-order valence-corrected chi connectivity index (χ0v) is 12.7. The van der Waals surface area contributed by atoms with E-state index in [1.807, 2.05) is 11.6 Å². The molecule has 0 saturated carbocycles. The zero-order valence-electron chi connectivity index (χ0n) is 11.9. The molecule has 0 bridgehead atoms. The van der Waals surface area contributed by atoms with E-state index in [1.54, 1.807) is 11.3 Å². The zero-order chi connectivity index (χ0) is 13.7. The molecule has 1 aliphatic heterocycles. The van der Waals surface area contributed by atoms with Gasteiger partial charge in [0.1, 0.15) is 0 Å². The first-order valence-corrected chi connectivity index (χ1v) is 8.09. The molecule has 1 aromatic heterocycles. The third kappa shape index (κ3) is 4.75. The average Bonchev–Trinajstić information content (AvgIpc) is 2.90. The predicted molar refractivity (Wildman–Crippen MR) is 80.8 cm³/mol. The monoisotopic (exact) mass is 283 g/mol. The third-order valence-electron chi connectivity index (χ3n) is 3.57. The van der Waals surface area contributed by atoms with Crippen LogP contribution < -0.4 is 10.2 Å². The molecule has 108 valence electrons. The van der Waals surface area contributed by atoms with E-state index < -0.39 is 0 Å². The lowest BCUT2D eigenvalue weighted by Crippen LogP contribution is -2.44. The van der Waals surface area contributed by atoms with E-state index in [4.69, 9.17) is 0 Å². The number of nitrogens with zero attached hydrogens (tertiary/aromatic N) is 2. The van der Waals surface area contributed by atoms with Gasteiger partial charge in [0.15, 0.2) is 5.13 Å². The van der Waals surface area contributed by atoms with Crippen molar-refractivity contribution in [3.63, 3.8) is 0 Å².